The lowest BCUT2D eigenvalue weighted by atomic mass is 9.99. The van der Waals surface area contributed by atoms with Crippen LogP contribution in [0.25, 0.3) is 0 Å². The number of fused-ring (bicyclic) bond motifs is 1. The molecule has 52 valence electrons. The standard InChI is InChI=1S/C7H14N2/c1-5-6-3-2-4-7(6)9-8-5/h5-9H,2-4H2,1H3. The molecule has 1 heterocycles. The fraction of sp³-hybridized carbons (Fsp3) is 1.00. The molecular formula is C7H14N2. The van der Waals surface area contributed by atoms with Crippen molar-refractivity contribution < 1.29 is 0 Å². The van der Waals surface area contributed by atoms with Gasteiger partial charge in [-0.1, -0.05) is 6.42 Å². The minimum atomic E-state index is 0.706. The Kier molecular flexibility index (Phi) is 1.24. The fourth-order valence-electron chi connectivity index (χ4n) is 2.11. The average molecular weight is 126 g/mol. The lowest BCUT2D eigenvalue weighted by Gasteiger charge is -2.09. The minimum Gasteiger partial charge on any atom is -0.254 e. The third kappa shape index (κ3) is 0.775. The predicted molar refractivity (Wildman–Crippen MR) is 36.9 cm³/mol. The summed E-state index contributed by atoms with van der Waals surface area (Å²) in [6.07, 6.45) is 4.22. The van der Waals surface area contributed by atoms with Crippen LogP contribution in [0.5, 0.6) is 0 Å². The van der Waals surface area contributed by atoms with Gasteiger partial charge >= 0.3 is 0 Å². The van der Waals surface area contributed by atoms with E-state index in [0.717, 1.165) is 12.0 Å². The minimum absolute atomic E-state index is 0.706. The van der Waals surface area contributed by atoms with E-state index in [4.69, 9.17) is 0 Å². The van der Waals surface area contributed by atoms with E-state index in [0.29, 0.717) is 6.04 Å². The molecule has 1 saturated heterocycles. The molecule has 3 atom stereocenters. The van der Waals surface area contributed by atoms with Gasteiger partial charge in [-0.25, -0.2) is 0 Å². The number of rotatable bonds is 0. The van der Waals surface area contributed by atoms with Gasteiger partial charge in [0.05, 0.1) is 0 Å². The van der Waals surface area contributed by atoms with E-state index in [1.165, 1.54) is 19.3 Å². The molecule has 1 saturated carbocycles. The number of nitrogens with one attached hydrogen (secondary N) is 2. The summed E-state index contributed by atoms with van der Waals surface area (Å²) in [7, 11) is 0. The molecule has 0 aromatic rings. The summed E-state index contributed by atoms with van der Waals surface area (Å²) < 4.78 is 0. The van der Waals surface area contributed by atoms with Gasteiger partial charge in [0.2, 0.25) is 0 Å². The van der Waals surface area contributed by atoms with E-state index < -0.39 is 0 Å². The van der Waals surface area contributed by atoms with Crippen LogP contribution in [-0.2, 0) is 0 Å². The van der Waals surface area contributed by atoms with Crippen LogP contribution in [0.4, 0.5) is 0 Å². The van der Waals surface area contributed by atoms with Crippen molar-refractivity contribution in [2.45, 2.75) is 38.3 Å². The molecule has 1 aliphatic carbocycles. The molecular weight excluding hydrogens is 112 g/mol. The largest absolute Gasteiger partial charge is 0.254 e. The van der Waals surface area contributed by atoms with Crippen molar-refractivity contribution in [3.63, 3.8) is 0 Å². The summed E-state index contributed by atoms with van der Waals surface area (Å²) in [5.41, 5.74) is 6.59. The van der Waals surface area contributed by atoms with Crippen molar-refractivity contribution >= 4 is 0 Å². The number of hydrogen-bond donors (Lipinski definition) is 2. The van der Waals surface area contributed by atoms with Crippen molar-refractivity contribution in [1.29, 1.82) is 0 Å². The maximum atomic E-state index is 3.32. The van der Waals surface area contributed by atoms with Gasteiger partial charge in [-0.3, -0.25) is 10.9 Å². The summed E-state index contributed by atoms with van der Waals surface area (Å²) in [6.45, 7) is 2.27. The quantitative estimate of drug-likeness (QED) is 0.498. The van der Waals surface area contributed by atoms with Gasteiger partial charge in [-0.2, -0.15) is 0 Å². The Morgan fingerprint density at radius 2 is 2.11 bits per heavy atom. The molecule has 0 aromatic carbocycles. The van der Waals surface area contributed by atoms with Crippen LogP contribution in [0.2, 0.25) is 0 Å². The van der Waals surface area contributed by atoms with E-state index in [1.54, 1.807) is 0 Å². The summed E-state index contributed by atoms with van der Waals surface area (Å²) in [4.78, 5) is 0. The van der Waals surface area contributed by atoms with E-state index in [-0.39, 0.29) is 0 Å². The Hall–Kier alpha value is -0.0800. The van der Waals surface area contributed by atoms with Crippen LogP contribution in [0.15, 0.2) is 0 Å². The molecule has 9 heavy (non-hydrogen) atoms. The molecule has 0 spiro atoms. The lowest BCUT2D eigenvalue weighted by molar-refractivity contribution is 0.474. The zero-order chi connectivity index (χ0) is 6.27. The first kappa shape index (κ1) is 5.69. The predicted octanol–water partition coefficient (Wildman–Crippen LogP) is 0.651. The summed E-state index contributed by atoms with van der Waals surface area (Å²) in [5.74, 6) is 0.921. The smallest absolute Gasteiger partial charge is 0.0256 e. The number of hydrazine groups is 1. The maximum absolute atomic E-state index is 3.32. The highest BCUT2D eigenvalue weighted by Gasteiger charge is 2.35. The van der Waals surface area contributed by atoms with Crippen molar-refractivity contribution in [3.8, 4) is 0 Å². The Labute approximate surface area is 56.0 Å². The van der Waals surface area contributed by atoms with Gasteiger partial charge in [-0.05, 0) is 25.7 Å². The van der Waals surface area contributed by atoms with E-state index in [9.17, 15) is 0 Å². The first-order chi connectivity index (χ1) is 4.38. The second kappa shape index (κ2) is 1.96. The zero-order valence-electron chi connectivity index (χ0n) is 5.85. The molecule has 2 heteroatoms. The highest BCUT2D eigenvalue weighted by Crippen LogP contribution is 2.30. The van der Waals surface area contributed by atoms with E-state index in [2.05, 4.69) is 17.8 Å². The first-order valence-corrected chi connectivity index (χ1v) is 3.89. The Balaban J connectivity index is 2.07. The van der Waals surface area contributed by atoms with Crippen LogP contribution in [0.3, 0.4) is 0 Å². The Morgan fingerprint density at radius 3 is 2.89 bits per heavy atom. The van der Waals surface area contributed by atoms with Crippen LogP contribution in [-0.4, -0.2) is 12.1 Å². The van der Waals surface area contributed by atoms with Crippen LogP contribution < -0.4 is 10.9 Å². The molecule has 2 rings (SSSR count). The molecule has 1 aliphatic heterocycles. The second-order valence-electron chi connectivity index (χ2n) is 3.28. The van der Waals surface area contributed by atoms with Gasteiger partial charge in [0.15, 0.2) is 0 Å². The highest BCUT2D eigenvalue weighted by molar-refractivity contribution is 4.92. The fourth-order valence-corrected chi connectivity index (χ4v) is 2.11. The van der Waals surface area contributed by atoms with Crippen molar-refractivity contribution in [2.75, 3.05) is 0 Å². The van der Waals surface area contributed by atoms with Crippen molar-refractivity contribution in [3.05, 3.63) is 0 Å². The molecule has 0 bridgehead atoms. The average Bonchev–Trinajstić information content (AvgIpc) is 2.35. The SMILES string of the molecule is CC1NNC2CCCC12. The summed E-state index contributed by atoms with van der Waals surface area (Å²) in [6, 6.07) is 1.50. The van der Waals surface area contributed by atoms with E-state index in [1.807, 2.05) is 0 Å². The summed E-state index contributed by atoms with van der Waals surface area (Å²) in [5, 5.41) is 0. The lowest BCUT2D eigenvalue weighted by Crippen LogP contribution is -2.31. The first-order valence-electron chi connectivity index (χ1n) is 3.89. The third-order valence-corrected chi connectivity index (χ3v) is 2.71. The second-order valence-corrected chi connectivity index (χ2v) is 3.28. The molecule has 2 fully saturated rings. The Morgan fingerprint density at radius 1 is 1.22 bits per heavy atom. The Bertz CT molecular complexity index is 113. The molecule has 0 aromatic heterocycles. The topological polar surface area (TPSA) is 24.1 Å². The van der Waals surface area contributed by atoms with Gasteiger partial charge < -0.3 is 0 Å². The van der Waals surface area contributed by atoms with Crippen molar-refractivity contribution in [1.82, 2.24) is 10.9 Å². The van der Waals surface area contributed by atoms with Gasteiger partial charge in [-0.15, -0.1) is 0 Å². The zero-order valence-corrected chi connectivity index (χ0v) is 5.85. The molecule has 3 unspecified atom stereocenters. The summed E-state index contributed by atoms with van der Waals surface area (Å²) >= 11 is 0. The van der Waals surface area contributed by atoms with Gasteiger partial charge in [0.1, 0.15) is 0 Å². The van der Waals surface area contributed by atoms with Crippen LogP contribution in [0.1, 0.15) is 26.2 Å². The van der Waals surface area contributed by atoms with Gasteiger partial charge in [0, 0.05) is 12.1 Å². The molecule has 2 nitrogen and oxygen atoms in total. The highest BCUT2D eigenvalue weighted by atomic mass is 15.4. The van der Waals surface area contributed by atoms with Crippen LogP contribution >= 0.6 is 0 Å². The van der Waals surface area contributed by atoms with E-state index >= 15 is 0 Å². The maximum Gasteiger partial charge on any atom is 0.0256 e. The monoisotopic (exact) mass is 126 g/mol. The molecule has 0 radical (unpaired) electrons. The molecule has 2 aliphatic rings. The number of hydrogen-bond acceptors (Lipinski definition) is 2. The van der Waals surface area contributed by atoms with Gasteiger partial charge in [0.25, 0.3) is 0 Å². The molecule has 2 N–H and O–H groups in total. The van der Waals surface area contributed by atoms with Crippen molar-refractivity contribution in [2.24, 2.45) is 5.92 Å². The molecule has 0 amide bonds. The third-order valence-electron chi connectivity index (χ3n) is 2.71. The normalized spacial score (nSPS) is 49.7. The van der Waals surface area contributed by atoms with Crippen LogP contribution in [0, 0.1) is 5.92 Å².